The number of hydrogen-bond donors (Lipinski definition) is 0. The SMILES string of the molecule is CC(C)CC1=CC(C(C)(C)C)=[C-]C1.CC(C)CC1=CC(C(C)(C)C)=[C-]C1.Cl.Cl.[CH3-].[CH3-].[SiH2]=[Ti]. The fraction of sp³-hybridized carbons (Fsp3) is 0.643. The van der Waals surface area contributed by atoms with Crippen molar-refractivity contribution in [3.8, 4) is 0 Å². The molecule has 0 aromatic heterocycles. The summed E-state index contributed by atoms with van der Waals surface area (Å²) in [6, 6.07) is 0. The number of rotatable bonds is 4. The Labute approximate surface area is 229 Å². The van der Waals surface area contributed by atoms with Crippen LogP contribution < -0.4 is 0 Å². The Morgan fingerprint density at radius 1 is 0.719 bits per heavy atom. The van der Waals surface area contributed by atoms with Crippen LogP contribution in [0.3, 0.4) is 0 Å². The minimum atomic E-state index is 0. The molecule has 0 saturated heterocycles. The monoisotopic (exact) mass is 534 g/mol. The molecule has 0 heterocycles. The van der Waals surface area contributed by atoms with E-state index in [-0.39, 0.29) is 50.5 Å². The van der Waals surface area contributed by atoms with Crippen LogP contribution in [0.4, 0.5) is 0 Å². The van der Waals surface area contributed by atoms with Gasteiger partial charge in [0.05, 0.1) is 0 Å². The Hall–Kier alpha value is 0.471. The van der Waals surface area contributed by atoms with Gasteiger partial charge in [-0.15, -0.1) is 37.7 Å². The van der Waals surface area contributed by atoms with Crippen molar-refractivity contribution >= 4 is 32.4 Å². The number of halogens is 2. The van der Waals surface area contributed by atoms with Gasteiger partial charge >= 0.3 is 26.8 Å². The molecule has 0 spiro atoms. The van der Waals surface area contributed by atoms with Crippen molar-refractivity contribution < 1.29 is 19.2 Å². The molecule has 2 aliphatic carbocycles. The molecule has 0 atom stereocenters. The summed E-state index contributed by atoms with van der Waals surface area (Å²) < 4.78 is 0. The maximum absolute atomic E-state index is 3.48. The molecular weight excluding hydrogens is 483 g/mol. The van der Waals surface area contributed by atoms with E-state index in [1.165, 1.54) is 24.0 Å². The molecule has 2 rings (SSSR count). The zero-order chi connectivity index (χ0) is 22.1. The summed E-state index contributed by atoms with van der Waals surface area (Å²) in [6.45, 7) is 22.6. The van der Waals surface area contributed by atoms with Crippen LogP contribution in [0, 0.1) is 49.7 Å². The van der Waals surface area contributed by atoms with E-state index in [9.17, 15) is 0 Å². The minimum absolute atomic E-state index is 0. The summed E-state index contributed by atoms with van der Waals surface area (Å²) in [5.74, 6) is 1.54. The second-order valence-corrected chi connectivity index (χ2v) is 10.8. The van der Waals surface area contributed by atoms with Crippen LogP contribution in [-0.4, -0.2) is 7.63 Å². The average Bonchev–Trinajstić information content (AvgIpc) is 3.17. The topological polar surface area (TPSA) is 0 Å². The van der Waals surface area contributed by atoms with Gasteiger partial charge in [-0.3, -0.25) is 12.2 Å². The molecular formula is C28H52Cl2SiTi-4. The van der Waals surface area contributed by atoms with Crippen LogP contribution in [-0.2, 0) is 19.2 Å². The van der Waals surface area contributed by atoms with Crippen LogP contribution in [0.15, 0.2) is 34.4 Å². The third-order valence-corrected chi connectivity index (χ3v) is 4.67. The first-order chi connectivity index (χ1) is 12.8. The van der Waals surface area contributed by atoms with E-state index in [0.29, 0.717) is 0 Å². The van der Waals surface area contributed by atoms with E-state index in [1.807, 2.05) is 26.8 Å². The third-order valence-electron chi connectivity index (χ3n) is 4.67. The summed E-state index contributed by atoms with van der Waals surface area (Å²) in [5, 5.41) is 0. The second kappa shape index (κ2) is 19.7. The first kappa shape index (κ1) is 42.6. The number of allylic oxidation sites excluding steroid dienone is 8. The van der Waals surface area contributed by atoms with E-state index in [2.05, 4.69) is 93.5 Å². The zero-order valence-electron chi connectivity index (χ0n) is 23.2. The summed E-state index contributed by atoms with van der Waals surface area (Å²) in [6.07, 6.45) is 16.2. The summed E-state index contributed by atoms with van der Waals surface area (Å²) in [5.41, 5.74) is 6.45. The van der Waals surface area contributed by atoms with Crippen molar-refractivity contribution in [3.05, 3.63) is 61.4 Å². The van der Waals surface area contributed by atoms with Crippen LogP contribution >= 0.6 is 24.8 Å². The molecule has 2 aliphatic rings. The molecule has 0 N–H and O–H groups in total. The van der Waals surface area contributed by atoms with Crippen molar-refractivity contribution in [2.45, 2.75) is 94.9 Å². The van der Waals surface area contributed by atoms with Crippen molar-refractivity contribution in [3.63, 3.8) is 0 Å². The third kappa shape index (κ3) is 17.9. The van der Waals surface area contributed by atoms with Gasteiger partial charge in [-0.1, -0.05) is 69.2 Å². The van der Waals surface area contributed by atoms with E-state index in [4.69, 9.17) is 0 Å². The van der Waals surface area contributed by atoms with Gasteiger partial charge in [0.15, 0.2) is 0 Å². The van der Waals surface area contributed by atoms with Gasteiger partial charge in [0.2, 0.25) is 0 Å². The Morgan fingerprint density at radius 3 is 1.12 bits per heavy atom. The van der Waals surface area contributed by atoms with E-state index in [1.54, 1.807) is 11.1 Å². The standard InChI is InChI=1S/2C13H21.2CH3.2ClH.H2Si.Ti/c2*1-10(2)8-11-6-7-12(9-11)13(3,4)5;;;;;;/h2*9-10H,6,8H2,1-5H3;2*1H3;2*1H;1H2;/q4*-1;;;;. The molecule has 0 nitrogen and oxygen atoms in total. The fourth-order valence-corrected chi connectivity index (χ4v) is 3.30. The molecule has 32 heavy (non-hydrogen) atoms. The van der Waals surface area contributed by atoms with Crippen LogP contribution in [0.1, 0.15) is 94.9 Å². The molecule has 0 amide bonds. The van der Waals surface area contributed by atoms with Gasteiger partial charge in [-0.05, 0) is 35.5 Å². The fourth-order valence-electron chi connectivity index (χ4n) is 3.30. The molecule has 190 valence electrons. The van der Waals surface area contributed by atoms with Gasteiger partial charge in [-0.25, -0.2) is 23.3 Å². The first-order valence-corrected chi connectivity index (χ1v) is 14.8. The zero-order valence-corrected chi connectivity index (χ0v) is 27.8. The summed E-state index contributed by atoms with van der Waals surface area (Å²) in [4.78, 5) is 0. The van der Waals surface area contributed by atoms with Gasteiger partial charge < -0.3 is 14.9 Å². The van der Waals surface area contributed by atoms with Crippen LogP contribution in [0.5, 0.6) is 0 Å². The molecule has 0 aliphatic heterocycles. The van der Waals surface area contributed by atoms with Gasteiger partial charge in [0.1, 0.15) is 0 Å². The molecule has 0 fully saturated rings. The molecule has 0 saturated carbocycles. The summed E-state index contributed by atoms with van der Waals surface area (Å²) in [7, 11) is 1.86. The molecule has 0 aromatic carbocycles. The quantitative estimate of drug-likeness (QED) is 0.249. The maximum atomic E-state index is 3.48. The van der Waals surface area contributed by atoms with Crippen molar-refractivity contribution in [1.82, 2.24) is 0 Å². The van der Waals surface area contributed by atoms with E-state index < -0.39 is 0 Å². The van der Waals surface area contributed by atoms with Crippen LogP contribution in [0.2, 0.25) is 0 Å². The normalized spacial score (nSPS) is 14.5. The summed E-state index contributed by atoms with van der Waals surface area (Å²) >= 11 is 2.03. The van der Waals surface area contributed by atoms with Crippen molar-refractivity contribution in [2.75, 3.05) is 0 Å². The Morgan fingerprint density at radius 2 is 0.969 bits per heavy atom. The van der Waals surface area contributed by atoms with Crippen LogP contribution in [0.25, 0.3) is 0 Å². The van der Waals surface area contributed by atoms with Gasteiger partial charge in [0.25, 0.3) is 0 Å². The molecule has 4 heteroatoms. The first-order valence-electron chi connectivity index (χ1n) is 10.8. The van der Waals surface area contributed by atoms with Crippen molar-refractivity contribution in [2.24, 2.45) is 22.7 Å². The molecule has 0 unspecified atom stereocenters. The predicted molar refractivity (Wildman–Crippen MR) is 153 cm³/mol. The molecule has 0 aromatic rings. The van der Waals surface area contributed by atoms with Gasteiger partial charge in [0, 0.05) is 0 Å². The van der Waals surface area contributed by atoms with Crippen molar-refractivity contribution in [1.29, 1.82) is 0 Å². The van der Waals surface area contributed by atoms with E-state index in [0.717, 1.165) is 24.7 Å². The Balaban J connectivity index is -0.000000126. The number of hydrogen-bond acceptors (Lipinski definition) is 0. The van der Waals surface area contributed by atoms with E-state index >= 15 is 0 Å². The molecule has 0 radical (unpaired) electrons. The predicted octanol–water partition coefficient (Wildman–Crippen LogP) is 9.10. The van der Waals surface area contributed by atoms with Gasteiger partial charge in [-0.2, -0.15) is 11.1 Å². The Bertz CT molecular complexity index is 558. The second-order valence-electron chi connectivity index (χ2n) is 10.8. The Kier molecular flexibility index (Phi) is 26.3. The average molecular weight is 536 g/mol. The molecule has 0 bridgehead atoms.